The highest BCUT2D eigenvalue weighted by Gasteiger charge is 2.40. The Labute approximate surface area is 137 Å². The lowest BCUT2D eigenvalue weighted by molar-refractivity contribution is 0.0560. The van der Waals surface area contributed by atoms with E-state index in [1.54, 1.807) is 0 Å². The lowest BCUT2D eigenvalue weighted by Gasteiger charge is -2.47. The van der Waals surface area contributed by atoms with Crippen molar-refractivity contribution in [3.8, 4) is 0 Å². The van der Waals surface area contributed by atoms with Crippen molar-refractivity contribution < 1.29 is 10.3 Å². The van der Waals surface area contributed by atoms with Gasteiger partial charge in [0.25, 0.3) is 0 Å². The molecular weight excluding hydrogens is 288 g/mol. The summed E-state index contributed by atoms with van der Waals surface area (Å²) in [4.78, 5) is 2.59. The fraction of sp³-hybridized carbons (Fsp3) is 0.579. The lowest BCUT2D eigenvalue weighted by Crippen LogP contribution is -2.50. The van der Waals surface area contributed by atoms with Crippen LogP contribution in [0.3, 0.4) is 0 Å². The smallest absolute Gasteiger partial charge is 0.0871 e. The average molecular weight is 314 g/mol. The van der Waals surface area contributed by atoms with Gasteiger partial charge in [-0.1, -0.05) is 25.5 Å². The largest absolute Gasteiger partial charge is 0.428 e. The first-order valence-corrected chi connectivity index (χ1v) is 8.90. The summed E-state index contributed by atoms with van der Waals surface area (Å²) >= 11 is 0. The molecule has 4 heteroatoms. The molecule has 124 valence electrons. The molecule has 1 fully saturated rings. The molecule has 1 saturated heterocycles. The predicted octanol–water partition coefficient (Wildman–Crippen LogP) is 3.00. The summed E-state index contributed by atoms with van der Waals surface area (Å²) in [5.74, 6) is 0.831. The maximum absolute atomic E-state index is 10.2. The van der Waals surface area contributed by atoms with Crippen molar-refractivity contribution in [1.82, 2.24) is 9.63 Å². The van der Waals surface area contributed by atoms with Gasteiger partial charge in [-0.15, -0.1) is 0 Å². The van der Waals surface area contributed by atoms with Gasteiger partial charge in [-0.3, -0.25) is 4.90 Å². The molecule has 2 heterocycles. The number of unbranched alkanes of at least 4 members (excludes halogenated alkanes) is 1. The number of nitrogens with zero attached hydrogens (tertiary/aromatic N) is 2. The van der Waals surface area contributed by atoms with Crippen molar-refractivity contribution in [3.63, 3.8) is 0 Å². The fourth-order valence-corrected chi connectivity index (χ4v) is 4.74. The van der Waals surface area contributed by atoms with Gasteiger partial charge >= 0.3 is 0 Å². The van der Waals surface area contributed by atoms with Crippen LogP contribution in [0.25, 0.3) is 10.9 Å². The summed E-state index contributed by atoms with van der Waals surface area (Å²) in [5, 5.41) is 21.2. The number of benzene rings is 1. The fourth-order valence-electron chi connectivity index (χ4n) is 4.74. The molecule has 0 saturated carbocycles. The van der Waals surface area contributed by atoms with E-state index in [9.17, 15) is 10.3 Å². The van der Waals surface area contributed by atoms with Crippen LogP contribution in [0.2, 0.25) is 0 Å². The normalized spacial score (nSPS) is 27.3. The van der Waals surface area contributed by atoms with Crippen molar-refractivity contribution >= 4 is 10.9 Å². The van der Waals surface area contributed by atoms with Gasteiger partial charge < -0.3 is 10.3 Å². The molecule has 1 aromatic carbocycles. The Morgan fingerprint density at radius 3 is 2.96 bits per heavy atom. The SMILES string of the molecule is CCCCN1CC(CO)C[C@H]2c3cccc4c3c(cn4O)C[C@@H]21. The second kappa shape index (κ2) is 5.84. The third-order valence-corrected chi connectivity index (χ3v) is 5.82. The second-order valence-electron chi connectivity index (χ2n) is 7.25. The second-order valence-corrected chi connectivity index (χ2v) is 7.25. The Bertz CT molecular complexity index is 709. The van der Waals surface area contributed by atoms with E-state index in [4.69, 9.17) is 0 Å². The standard InChI is InChI=1S/C19H26N2O2/c1-2-3-7-20-10-13(12-22)8-16-15-5-4-6-17-19(15)14(9-18(16)20)11-21(17)23/h4-6,11,13,16,18,22-23H,2-3,7-10,12H2,1H3/t13?,16-,18-/m0/s1. The van der Waals surface area contributed by atoms with Gasteiger partial charge in [0.2, 0.25) is 0 Å². The quantitative estimate of drug-likeness (QED) is 0.853. The lowest BCUT2D eigenvalue weighted by atomic mass is 9.72. The van der Waals surface area contributed by atoms with Crippen LogP contribution in [0.5, 0.6) is 0 Å². The minimum absolute atomic E-state index is 0.274. The molecule has 1 unspecified atom stereocenters. The molecule has 2 aliphatic rings. The van der Waals surface area contributed by atoms with Crippen molar-refractivity contribution in [1.29, 1.82) is 0 Å². The molecule has 1 aromatic heterocycles. The maximum atomic E-state index is 10.2. The topological polar surface area (TPSA) is 48.6 Å². The molecule has 2 N–H and O–H groups in total. The molecule has 0 bridgehead atoms. The molecule has 2 aromatic rings. The highest BCUT2D eigenvalue weighted by molar-refractivity contribution is 5.88. The van der Waals surface area contributed by atoms with Crippen LogP contribution < -0.4 is 0 Å². The highest BCUT2D eigenvalue weighted by Crippen LogP contribution is 2.45. The molecule has 1 aliphatic heterocycles. The number of aliphatic hydroxyl groups is 1. The van der Waals surface area contributed by atoms with Gasteiger partial charge in [0.15, 0.2) is 0 Å². The van der Waals surface area contributed by atoms with E-state index in [1.165, 1.54) is 34.1 Å². The van der Waals surface area contributed by atoms with Gasteiger partial charge in [0.1, 0.15) is 0 Å². The zero-order chi connectivity index (χ0) is 16.0. The van der Waals surface area contributed by atoms with Crippen LogP contribution in [0.4, 0.5) is 0 Å². The zero-order valence-electron chi connectivity index (χ0n) is 13.8. The first-order valence-electron chi connectivity index (χ1n) is 8.90. The number of rotatable bonds is 4. The van der Waals surface area contributed by atoms with E-state index in [1.807, 2.05) is 12.3 Å². The number of likely N-dealkylation sites (tertiary alicyclic amines) is 1. The van der Waals surface area contributed by atoms with Gasteiger partial charge in [0, 0.05) is 36.7 Å². The number of aliphatic hydroxyl groups excluding tert-OH is 1. The molecule has 0 spiro atoms. The summed E-state index contributed by atoms with van der Waals surface area (Å²) in [6.45, 7) is 4.62. The van der Waals surface area contributed by atoms with Crippen LogP contribution in [-0.4, -0.2) is 45.7 Å². The van der Waals surface area contributed by atoms with Crippen LogP contribution in [-0.2, 0) is 6.42 Å². The summed E-state index contributed by atoms with van der Waals surface area (Å²) in [6, 6.07) is 6.77. The first kappa shape index (κ1) is 15.0. The van der Waals surface area contributed by atoms with Crippen LogP contribution in [0.1, 0.15) is 43.2 Å². The Morgan fingerprint density at radius 2 is 2.17 bits per heavy atom. The molecule has 4 rings (SSSR count). The molecule has 4 nitrogen and oxygen atoms in total. The van der Waals surface area contributed by atoms with E-state index in [0.29, 0.717) is 17.9 Å². The van der Waals surface area contributed by atoms with Crippen molar-refractivity contribution in [2.45, 2.75) is 44.6 Å². The minimum Gasteiger partial charge on any atom is -0.428 e. The predicted molar refractivity (Wildman–Crippen MR) is 91.0 cm³/mol. The van der Waals surface area contributed by atoms with E-state index >= 15 is 0 Å². The van der Waals surface area contributed by atoms with E-state index in [0.717, 1.165) is 31.4 Å². The molecule has 1 aliphatic carbocycles. The monoisotopic (exact) mass is 314 g/mol. The van der Waals surface area contributed by atoms with Crippen LogP contribution in [0.15, 0.2) is 24.4 Å². The van der Waals surface area contributed by atoms with E-state index < -0.39 is 0 Å². The van der Waals surface area contributed by atoms with Crippen molar-refractivity contribution in [3.05, 3.63) is 35.5 Å². The number of piperidine rings is 1. The molecule has 0 radical (unpaired) electrons. The number of aromatic nitrogens is 1. The third-order valence-electron chi connectivity index (χ3n) is 5.82. The molecular formula is C19H26N2O2. The maximum Gasteiger partial charge on any atom is 0.0871 e. The van der Waals surface area contributed by atoms with Gasteiger partial charge in [-0.2, -0.15) is 4.73 Å². The van der Waals surface area contributed by atoms with Gasteiger partial charge in [-0.05, 0) is 48.9 Å². The Balaban J connectivity index is 1.77. The summed E-state index contributed by atoms with van der Waals surface area (Å²) in [5.41, 5.74) is 3.55. The van der Waals surface area contributed by atoms with Crippen LogP contribution in [0, 0.1) is 5.92 Å². The number of hydrogen-bond donors (Lipinski definition) is 2. The van der Waals surface area contributed by atoms with E-state index in [-0.39, 0.29) is 6.61 Å². The van der Waals surface area contributed by atoms with Gasteiger partial charge in [0.05, 0.1) is 5.52 Å². The average Bonchev–Trinajstić information content (AvgIpc) is 2.90. The van der Waals surface area contributed by atoms with Gasteiger partial charge in [-0.25, -0.2) is 0 Å². The zero-order valence-corrected chi connectivity index (χ0v) is 13.8. The summed E-state index contributed by atoms with van der Waals surface area (Å²) < 4.78 is 1.28. The molecule has 3 atom stereocenters. The number of fused-ring (bicyclic) bond motifs is 2. The minimum atomic E-state index is 0.274. The van der Waals surface area contributed by atoms with Crippen LogP contribution >= 0.6 is 0 Å². The summed E-state index contributed by atoms with van der Waals surface area (Å²) in [7, 11) is 0. The highest BCUT2D eigenvalue weighted by atomic mass is 16.5. The Hall–Kier alpha value is -1.52. The number of hydrogen-bond acceptors (Lipinski definition) is 3. The van der Waals surface area contributed by atoms with E-state index in [2.05, 4.69) is 24.0 Å². The molecule has 0 amide bonds. The molecule has 23 heavy (non-hydrogen) atoms. The Kier molecular flexibility index (Phi) is 3.82. The van der Waals surface area contributed by atoms with Crippen molar-refractivity contribution in [2.75, 3.05) is 19.7 Å². The summed E-state index contributed by atoms with van der Waals surface area (Å²) in [6.07, 6.45) is 6.36. The van der Waals surface area contributed by atoms with Crippen molar-refractivity contribution in [2.24, 2.45) is 5.92 Å². The third kappa shape index (κ3) is 2.36. The first-order chi connectivity index (χ1) is 11.2. The Morgan fingerprint density at radius 1 is 1.30 bits per heavy atom.